The molecule has 0 aliphatic heterocycles. The zero-order chi connectivity index (χ0) is 8.85. The lowest BCUT2D eigenvalue weighted by molar-refractivity contribution is -0.139. The Balaban J connectivity index is 3.63. The van der Waals surface area contributed by atoms with Crippen LogP contribution in [-0.4, -0.2) is 29.7 Å². The fraction of sp³-hybridized carbons (Fsp3) is 0.833. The Hall–Kier alpha value is -0.650. The molecule has 0 saturated heterocycles. The summed E-state index contributed by atoms with van der Waals surface area (Å²) >= 11 is 0. The number of rotatable bonds is 5. The van der Waals surface area contributed by atoms with E-state index in [9.17, 15) is 4.79 Å². The van der Waals surface area contributed by atoms with Crippen LogP contribution >= 0.6 is 0 Å². The molecule has 0 rings (SSSR count). The molecule has 1 unspecified atom stereocenters. The first kappa shape index (κ1) is 10.3. The van der Waals surface area contributed by atoms with Crippen LogP contribution in [0, 0.1) is 0 Å². The van der Waals surface area contributed by atoms with Crippen molar-refractivity contribution < 1.29 is 9.90 Å². The van der Waals surface area contributed by atoms with E-state index in [1.807, 2.05) is 0 Å². The van der Waals surface area contributed by atoms with Gasteiger partial charge in [-0.3, -0.25) is 4.79 Å². The van der Waals surface area contributed by atoms with Crippen molar-refractivity contribution in [2.75, 3.05) is 6.54 Å². The topological polar surface area (TPSA) is 115 Å². The number of hydrogen-bond donors (Lipinski definition) is 4. The third kappa shape index (κ3) is 3.92. The average molecular weight is 161 g/mol. The van der Waals surface area contributed by atoms with Gasteiger partial charge in [-0.1, -0.05) is 0 Å². The largest absolute Gasteiger partial charge is 0.480 e. The SMILES string of the molecule is NCCCC(N)[C@H](N)C(=O)O. The highest BCUT2D eigenvalue weighted by Gasteiger charge is 2.19. The van der Waals surface area contributed by atoms with Gasteiger partial charge in [0.15, 0.2) is 0 Å². The Bertz CT molecular complexity index is 129. The lowest BCUT2D eigenvalue weighted by Gasteiger charge is -2.14. The van der Waals surface area contributed by atoms with E-state index in [1.54, 1.807) is 0 Å². The molecule has 0 radical (unpaired) electrons. The molecule has 7 N–H and O–H groups in total. The van der Waals surface area contributed by atoms with Gasteiger partial charge in [0, 0.05) is 6.04 Å². The minimum absolute atomic E-state index is 0.490. The van der Waals surface area contributed by atoms with Crippen molar-refractivity contribution in [2.24, 2.45) is 17.2 Å². The highest BCUT2D eigenvalue weighted by atomic mass is 16.4. The van der Waals surface area contributed by atoms with Crippen LogP contribution in [0.2, 0.25) is 0 Å². The van der Waals surface area contributed by atoms with E-state index < -0.39 is 18.1 Å². The van der Waals surface area contributed by atoms with Crippen LogP contribution < -0.4 is 17.2 Å². The van der Waals surface area contributed by atoms with Gasteiger partial charge in [0.2, 0.25) is 0 Å². The number of carboxylic acids is 1. The van der Waals surface area contributed by atoms with Crippen molar-refractivity contribution in [3.63, 3.8) is 0 Å². The van der Waals surface area contributed by atoms with Gasteiger partial charge in [-0.2, -0.15) is 0 Å². The number of nitrogens with two attached hydrogens (primary N) is 3. The molecular weight excluding hydrogens is 146 g/mol. The second-order valence-corrected chi connectivity index (χ2v) is 2.46. The van der Waals surface area contributed by atoms with Crippen molar-refractivity contribution in [3.8, 4) is 0 Å². The highest BCUT2D eigenvalue weighted by Crippen LogP contribution is 1.96. The summed E-state index contributed by atoms with van der Waals surface area (Å²) in [5.41, 5.74) is 15.9. The minimum atomic E-state index is -1.06. The molecule has 0 aliphatic carbocycles. The van der Waals surface area contributed by atoms with Crippen molar-refractivity contribution in [1.82, 2.24) is 0 Å². The van der Waals surface area contributed by atoms with E-state index in [2.05, 4.69) is 0 Å². The molecule has 0 aromatic carbocycles. The summed E-state index contributed by atoms with van der Waals surface area (Å²) in [6.07, 6.45) is 1.27. The van der Waals surface area contributed by atoms with Gasteiger partial charge in [0.1, 0.15) is 6.04 Å². The summed E-state index contributed by atoms with van der Waals surface area (Å²) in [5.74, 6) is -1.06. The Morgan fingerprint density at radius 3 is 2.36 bits per heavy atom. The zero-order valence-corrected chi connectivity index (χ0v) is 6.36. The summed E-state index contributed by atoms with van der Waals surface area (Å²) < 4.78 is 0. The molecule has 0 amide bonds. The maximum atomic E-state index is 10.3. The van der Waals surface area contributed by atoms with E-state index in [0.29, 0.717) is 19.4 Å². The van der Waals surface area contributed by atoms with Crippen LogP contribution in [0.5, 0.6) is 0 Å². The first-order valence-electron chi connectivity index (χ1n) is 3.53. The Morgan fingerprint density at radius 2 is 2.00 bits per heavy atom. The van der Waals surface area contributed by atoms with Crippen molar-refractivity contribution in [3.05, 3.63) is 0 Å². The fourth-order valence-corrected chi connectivity index (χ4v) is 0.716. The molecule has 0 bridgehead atoms. The smallest absolute Gasteiger partial charge is 0.322 e. The van der Waals surface area contributed by atoms with Crippen LogP contribution in [0.25, 0.3) is 0 Å². The van der Waals surface area contributed by atoms with Crippen molar-refractivity contribution in [2.45, 2.75) is 24.9 Å². The first-order valence-corrected chi connectivity index (χ1v) is 3.53. The van der Waals surface area contributed by atoms with Gasteiger partial charge in [0.05, 0.1) is 0 Å². The van der Waals surface area contributed by atoms with E-state index >= 15 is 0 Å². The maximum absolute atomic E-state index is 10.3. The van der Waals surface area contributed by atoms with Crippen LogP contribution in [-0.2, 0) is 4.79 Å². The molecule has 0 saturated carbocycles. The van der Waals surface area contributed by atoms with Crippen molar-refractivity contribution >= 4 is 5.97 Å². The van der Waals surface area contributed by atoms with Crippen LogP contribution in [0.3, 0.4) is 0 Å². The molecule has 0 spiro atoms. The normalized spacial score (nSPS) is 15.9. The average Bonchev–Trinajstić information content (AvgIpc) is 1.98. The molecule has 0 fully saturated rings. The number of carbonyl (C=O) groups is 1. The van der Waals surface area contributed by atoms with Crippen molar-refractivity contribution in [1.29, 1.82) is 0 Å². The fourth-order valence-electron chi connectivity index (χ4n) is 0.716. The Morgan fingerprint density at radius 1 is 1.45 bits per heavy atom. The highest BCUT2D eigenvalue weighted by molar-refractivity contribution is 5.74. The second-order valence-electron chi connectivity index (χ2n) is 2.46. The number of hydrogen-bond acceptors (Lipinski definition) is 4. The van der Waals surface area contributed by atoms with Crippen LogP contribution in [0.1, 0.15) is 12.8 Å². The molecular formula is C6H15N3O2. The van der Waals surface area contributed by atoms with Gasteiger partial charge >= 0.3 is 5.97 Å². The Kier molecular flexibility index (Phi) is 4.76. The maximum Gasteiger partial charge on any atom is 0.322 e. The lowest BCUT2D eigenvalue weighted by atomic mass is 10.1. The monoisotopic (exact) mass is 161 g/mol. The Labute approximate surface area is 65.5 Å². The lowest BCUT2D eigenvalue weighted by Crippen LogP contribution is -2.47. The van der Waals surface area contributed by atoms with Crippen LogP contribution in [0.15, 0.2) is 0 Å². The summed E-state index contributed by atoms with van der Waals surface area (Å²) in [6, 6.07) is -1.46. The first-order chi connectivity index (χ1) is 5.09. The molecule has 0 aromatic heterocycles. The van der Waals surface area contributed by atoms with Crippen LogP contribution in [0.4, 0.5) is 0 Å². The quantitative estimate of drug-likeness (QED) is 0.390. The molecule has 0 aliphatic rings. The van der Waals surface area contributed by atoms with E-state index in [1.165, 1.54) is 0 Å². The molecule has 66 valence electrons. The summed E-state index contributed by atoms with van der Waals surface area (Å²) in [5, 5.41) is 8.42. The van der Waals surface area contributed by atoms with Gasteiger partial charge in [-0.25, -0.2) is 0 Å². The van der Waals surface area contributed by atoms with E-state index in [0.717, 1.165) is 0 Å². The third-order valence-electron chi connectivity index (χ3n) is 1.49. The second kappa shape index (κ2) is 5.06. The van der Waals surface area contributed by atoms with Gasteiger partial charge < -0.3 is 22.3 Å². The van der Waals surface area contributed by atoms with Gasteiger partial charge in [-0.05, 0) is 19.4 Å². The molecule has 0 aromatic rings. The predicted molar refractivity (Wildman–Crippen MR) is 41.9 cm³/mol. The summed E-state index contributed by atoms with van der Waals surface area (Å²) in [4.78, 5) is 10.3. The van der Waals surface area contributed by atoms with Gasteiger partial charge in [-0.15, -0.1) is 0 Å². The standard InChI is InChI=1S/C6H15N3O2/c7-3-1-2-4(8)5(9)6(10)11/h4-5H,1-3,7-9H2,(H,10,11)/t4?,5-/m0/s1. The molecule has 5 nitrogen and oxygen atoms in total. The number of aliphatic carboxylic acids is 1. The molecule has 5 heteroatoms. The number of carboxylic acid groups (broad SMARTS) is 1. The minimum Gasteiger partial charge on any atom is -0.480 e. The molecule has 0 heterocycles. The predicted octanol–water partition coefficient (Wildman–Crippen LogP) is -1.54. The van der Waals surface area contributed by atoms with Gasteiger partial charge in [0.25, 0.3) is 0 Å². The van der Waals surface area contributed by atoms with E-state index in [-0.39, 0.29) is 0 Å². The third-order valence-corrected chi connectivity index (χ3v) is 1.49. The summed E-state index contributed by atoms with van der Waals surface area (Å²) in [7, 11) is 0. The van der Waals surface area contributed by atoms with E-state index in [4.69, 9.17) is 22.3 Å². The zero-order valence-electron chi connectivity index (χ0n) is 6.36. The molecule has 2 atom stereocenters. The summed E-state index contributed by atoms with van der Waals surface area (Å²) in [6.45, 7) is 0.514. The molecule has 11 heavy (non-hydrogen) atoms.